The topological polar surface area (TPSA) is 0 Å². The Hall–Kier alpha value is -0.0651. The van der Waals surface area contributed by atoms with Crippen LogP contribution in [0.15, 0.2) is 0 Å². The van der Waals surface area contributed by atoms with Gasteiger partial charge in [0.05, 0.1) is 0 Å². The van der Waals surface area contributed by atoms with Crippen molar-refractivity contribution in [2.24, 2.45) is 11.8 Å². The van der Waals surface area contributed by atoms with Gasteiger partial charge in [-0.25, -0.2) is 0 Å². The van der Waals surface area contributed by atoms with Crippen LogP contribution in [-0.2, 0) is 0 Å². The molecule has 0 rings (SSSR count). The summed E-state index contributed by atoms with van der Waals surface area (Å²) in [6, 6.07) is 0. The molecule has 0 fully saturated rings. The third-order valence-corrected chi connectivity index (χ3v) is 2.40. The number of hydrogen-bond donors (Lipinski definition) is 0. The first-order valence-corrected chi connectivity index (χ1v) is 4.79. The average molecular weight is 152 g/mol. The number of rotatable bonds is 5. The normalized spacial score (nSPS) is 13.9. The first-order valence-electron chi connectivity index (χ1n) is 4.79. The van der Waals surface area contributed by atoms with E-state index in [2.05, 4.69) is 40.5 Å². The van der Waals surface area contributed by atoms with E-state index < -0.39 is 0 Å². The van der Waals surface area contributed by atoms with Gasteiger partial charge in [0.25, 0.3) is 0 Å². The second kappa shape index (κ2) is 6.63. The third-order valence-electron chi connectivity index (χ3n) is 2.40. The van der Waals surface area contributed by atoms with Crippen LogP contribution < -0.4 is 0 Å². The monoisotopic (exact) mass is 152 g/mol. The molecule has 0 aliphatic rings. The summed E-state index contributed by atoms with van der Waals surface area (Å²) < 4.78 is 0. The first-order chi connectivity index (χ1) is 5.18. The van der Waals surface area contributed by atoms with E-state index in [9.17, 15) is 0 Å². The average Bonchev–Trinajstić information content (AvgIpc) is 1.97. The molecule has 0 bridgehead atoms. The SMILES string of the molecule is CB=CCCCC(C)C(C)C. The zero-order valence-electron chi connectivity index (χ0n) is 8.43. The molecule has 0 N–H and O–H groups in total. The van der Waals surface area contributed by atoms with Gasteiger partial charge in [-0.1, -0.05) is 0 Å². The fraction of sp³-hybridized carbons (Fsp3) is 0.900. The molecular formula is C10H21B. The Kier molecular flexibility index (Phi) is 6.59. The predicted molar refractivity (Wildman–Crippen MR) is 55.5 cm³/mol. The molecule has 0 amide bonds. The molecule has 0 aromatic heterocycles. The van der Waals surface area contributed by atoms with Crippen molar-refractivity contribution in [1.82, 2.24) is 0 Å². The summed E-state index contributed by atoms with van der Waals surface area (Å²) in [5.74, 6) is 3.99. The minimum absolute atomic E-state index is 0.848. The third kappa shape index (κ3) is 6.34. The van der Waals surface area contributed by atoms with Gasteiger partial charge < -0.3 is 0 Å². The van der Waals surface area contributed by atoms with Crippen molar-refractivity contribution < 1.29 is 0 Å². The molecular weight excluding hydrogens is 131 g/mol. The van der Waals surface area contributed by atoms with E-state index in [0.717, 1.165) is 11.8 Å². The molecule has 1 unspecified atom stereocenters. The van der Waals surface area contributed by atoms with Crippen LogP contribution in [0.1, 0.15) is 40.0 Å². The second-order valence-corrected chi connectivity index (χ2v) is 3.72. The number of hydrogen-bond acceptors (Lipinski definition) is 0. The standard InChI is InChI=1S/C10H21B/c1-9(2)10(3)7-5-6-8-11-4/h8-10H,5-7H2,1-4H3. The molecule has 0 saturated heterocycles. The van der Waals surface area contributed by atoms with Gasteiger partial charge in [-0.3, -0.25) is 0 Å². The van der Waals surface area contributed by atoms with Gasteiger partial charge in [0, 0.05) is 0 Å². The quantitative estimate of drug-likeness (QED) is 0.419. The summed E-state index contributed by atoms with van der Waals surface area (Å²) >= 11 is 0. The fourth-order valence-electron chi connectivity index (χ4n) is 1.06. The minimum atomic E-state index is 0.848. The number of unbranched alkanes of at least 4 members (excludes halogenated alkanes) is 1. The van der Waals surface area contributed by atoms with Crippen molar-refractivity contribution in [3.63, 3.8) is 0 Å². The van der Waals surface area contributed by atoms with E-state index in [4.69, 9.17) is 0 Å². The van der Waals surface area contributed by atoms with E-state index >= 15 is 0 Å². The van der Waals surface area contributed by atoms with Gasteiger partial charge in [0.1, 0.15) is 0 Å². The molecule has 0 saturated carbocycles. The van der Waals surface area contributed by atoms with Crippen LogP contribution in [0.5, 0.6) is 0 Å². The fourth-order valence-corrected chi connectivity index (χ4v) is 1.06. The second-order valence-electron chi connectivity index (χ2n) is 3.72. The van der Waals surface area contributed by atoms with Crippen LogP contribution in [0, 0.1) is 11.8 Å². The molecule has 1 heteroatoms. The van der Waals surface area contributed by atoms with Gasteiger partial charge in [0.15, 0.2) is 0 Å². The maximum absolute atomic E-state index is 2.35. The van der Waals surface area contributed by atoms with E-state index in [1.165, 1.54) is 19.3 Å². The Morgan fingerprint density at radius 3 is 2.36 bits per heavy atom. The molecule has 0 radical (unpaired) electrons. The van der Waals surface area contributed by atoms with E-state index in [-0.39, 0.29) is 0 Å². The Bertz CT molecular complexity index is 105. The molecule has 0 spiro atoms. The van der Waals surface area contributed by atoms with Gasteiger partial charge in [-0.2, -0.15) is 0 Å². The van der Waals surface area contributed by atoms with Crippen LogP contribution in [0.25, 0.3) is 0 Å². The molecule has 0 aliphatic heterocycles. The van der Waals surface area contributed by atoms with Crippen molar-refractivity contribution in [2.75, 3.05) is 0 Å². The first kappa shape index (κ1) is 10.9. The molecule has 0 aromatic rings. The summed E-state index contributed by atoms with van der Waals surface area (Å²) in [5, 5.41) is 0. The maximum atomic E-state index is 2.35. The molecule has 0 aromatic carbocycles. The van der Waals surface area contributed by atoms with Crippen LogP contribution in [0.3, 0.4) is 0 Å². The summed E-state index contributed by atoms with van der Waals surface area (Å²) in [6.07, 6.45) is 3.99. The Morgan fingerprint density at radius 2 is 1.91 bits per heavy atom. The summed E-state index contributed by atoms with van der Waals surface area (Å²) in [5.41, 5.74) is 0. The van der Waals surface area contributed by atoms with Gasteiger partial charge in [-0.15, -0.1) is 0 Å². The molecule has 1 atom stereocenters. The van der Waals surface area contributed by atoms with Crippen LogP contribution in [0.4, 0.5) is 0 Å². The molecule has 0 nitrogen and oxygen atoms in total. The van der Waals surface area contributed by atoms with Crippen LogP contribution >= 0.6 is 0 Å². The zero-order chi connectivity index (χ0) is 8.69. The van der Waals surface area contributed by atoms with Gasteiger partial charge in [-0.05, 0) is 0 Å². The van der Waals surface area contributed by atoms with Crippen molar-refractivity contribution >= 4 is 12.9 Å². The van der Waals surface area contributed by atoms with Crippen molar-refractivity contribution in [3.05, 3.63) is 0 Å². The summed E-state index contributed by atoms with van der Waals surface area (Å²) in [4.78, 5) is 0. The van der Waals surface area contributed by atoms with E-state index in [0.29, 0.717) is 0 Å². The van der Waals surface area contributed by atoms with Crippen LogP contribution in [-0.4, -0.2) is 12.9 Å². The Morgan fingerprint density at radius 1 is 1.27 bits per heavy atom. The van der Waals surface area contributed by atoms with E-state index in [1.807, 2.05) is 0 Å². The summed E-state index contributed by atoms with van der Waals surface area (Å²) in [7, 11) is 0. The van der Waals surface area contributed by atoms with Crippen LogP contribution in [0.2, 0.25) is 6.82 Å². The molecule has 0 aliphatic carbocycles. The molecule has 11 heavy (non-hydrogen) atoms. The summed E-state index contributed by atoms with van der Waals surface area (Å²) in [6.45, 7) is 11.2. The van der Waals surface area contributed by atoms with Crippen molar-refractivity contribution in [1.29, 1.82) is 0 Å². The Balaban J connectivity index is 3.24. The molecule has 0 heterocycles. The molecule has 64 valence electrons. The van der Waals surface area contributed by atoms with Crippen molar-refractivity contribution in [3.8, 4) is 0 Å². The van der Waals surface area contributed by atoms with Gasteiger partial charge in [0.2, 0.25) is 0 Å². The predicted octanol–water partition coefficient (Wildman–Crippen LogP) is 3.00. The van der Waals surface area contributed by atoms with Gasteiger partial charge >= 0.3 is 71.6 Å². The zero-order valence-corrected chi connectivity index (χ0v) is 8.43. The Labute approximate surface area is 72.3 Å². The van der Waals surface area contributed by atoms with Crippen molar-refractivity contribution in [2.45, 2.75) is 46.9 Å². The van der Waals surface area contributed by atoms with E-state index in [1.54, 1.807) is 0 Å².